The van der Waals surface area contributed by atoms with E-state index in [4.69, 9.17) is 0 Å². The minimum Gasteiger partial charge on any atom is -0.250 e. The molecular formula is C21H20N4. The van der Waals surface area contributed by atoms with Gasteiger partial charge in [-0.2, -0.15) is 10.4 Å². The Hall–Kier alpha value is -2.93. The second-order valence-corrected chi connectivity index (χ2v) is 6.69. The zero-order valence-corrected chi connectivity index (χ0v) is 14.0. The van der Waals surface area contributed by atoms with Crippen LogP contribution in [0.15, 0.2) is 73.3 Å². The molecule has 2 aromatic carbocycles. The van der Waals surface area contributed by atoms with Gasteiger partial charge in [0.15, 0.2) is 0 Å². The van der Waals surface area contributed by atoms with Crippen molar-refractivity contribution in [1.82, 2.24) is 14.8 Å². The highest BCUT2D eigenvalue weighted by molar-refractivity contribution is 5.47. The van der Waals surface area contributed by atoms with Crippen LogP contribution in [0.2, 0.25) is 0 Å². The number of nitriles is 1. The van der Waals surface area contributed by atoms with E-state index in [9.17, 15) is 5.26 Å². The van der Waals surface area contributed by atoms with Crippen LogP contribution in [0, 0.1) is 17.2 Å². The Morgan fingerprint density at radius 1 is 0.960 bits per heavy atom. The van der Waals surface area contributed by atoms with Crippen LogP contribution in [0.3, 0.4) is 0 Å². The van der Waals surface area contributed by atoms with Crippen molar-refractivity contribution in [3.63, 3.8) is 0 Å². The van der Waals surface area contributed by atoms with Gasteiger partial charge in [0, 0.05) is 0 Å². The number of rotatable bonds is 4. The van der Waals surface area contributed by atoms with Gasteiger partial charge in [-0.15, -0.1) is 0 Å². The molecule has 1 fully saturated rings. The molecule has 0 radical (unpaired) electrons. The Morgan fingerprint density at radius 2 is 1.60 bits per heavy atom. The second kappa shape index (κ2) is 6.52. The predicted molar refractivity (Wildman–Crippen MR) is 95.7 cm³/mol. The fourth-order valence-corrected chi connectivity index (χ4v) is 4.26. The van der Waals surface area contributed by atoms with Gasteiger partial charge in [0.1, 0.15) is 18.1 Å². The highest BCUT2D eigenvalue weighted by atomic mass is 15.3. The van der Waals surface area contributed by atoms with Crippen LogP contribution in [0.5, 0.6) is 0 Å². The molecule has 0 bridgehead atoms. The van der Waals surface area contributed by atoms with Crippen molar-refractivity contribution in [2.75, 3.05) is 0 Å². The van der Waals surface area contributed by atoms with Crippen molar-refractivity contribution in [2.45, 2.75) is 30.7 Å². The van der Waals surface area contributed by atoms with Crippen molar-refractivity contribution < 1.29 is 0 Å². The van der Waals surface area contributed by atoms with Gasteiger partial charge >= 0.3 is 0 Å². The van der Waals surface area contributed by atoms with Crippen molar-refractivity contribution >= 4 is 0 Å². The number of hydrogen-bond acceptors (Lipinski definition) is 3. The summed E-state index contributed by atoms with van der Waals surface area (Å²) in [5.41, 5.74) is 1.53. The second-order valence-electron chi connectivity index (χ2n) is 6.69. The maximum absolute atomic E-state index is 10.4. The minimum absolute atomic E-state index is 0.247. The highest BCUT2D eigenvalue weighted by Crippen LogP contribution is 2.49. The molecule has 3 aromatic rings. The van der Waals surface area contributed by atoms with Crippen LogP contribution < -0.4 is 0 Å². The van der Waals surface area contributed by atoms with Crippen LogP contribution in [0.4, 0.5) is 0 Å². The van der Waals surface area contributed by atoms with E-state index in [1.807, 2.05) is 41.1 Å². The van der Waals surface area contributed by atoms with Crippen LogP contribution in [-0.4, -0.2) is 14.8 Å². The number of nitrogens with zero attached hydrogens (tertiary/aromatic N) is 4. The summed E-state index contributed by atoms with van der Waals surface area (Å²) in [7, 11) is 0. The molecule has 0 aliphatic heterocycles. The van der Waals surface area contributed by atoms with Crippen molar-refractivity contribution in [2.24, 2.45) is 5.92 Å². The first kappa shape index (κ1) is 15.6. The predicted octanol–water partition coefficient (Wildman–Crippen LogP) is 4.13. The Kier molecular flexibility index (Phi) is 4.07. The van der Waals surface area contributed by atoms with E-state index in [0.29, 0.717) is 6.04 Å². The molecule has 4 rings (SSSR count). The number of benzene rings is 2. The van der Waals surface area contributed by atoms with Crippen LogP contribution in [-0.2, 0) is 5.41 Å². The highest BCUT2D eigenvalue weighted by Gasteiger charge is 2.46. The average Bonchev–Trinajstić information content (AvgIpc) is 3.37. The molecule has 1 saturated carbocycles. The van der Waals surface area contributed by atoms with Crippen LogP contribution >= 0.6 is 0 Å². The van der Waals surface area contributed by atoms with Gasteiger partial charge in [0.25, 0.3) is 0 Å². The lowest BCUT2D eigenvalue weighted by atomic mass is 9.66. The molecule has 1 aliphatic rings. The van der Waals surface area contributed by atoms with E-state index in [0.717, 1.165) is 30.4 Å². The molecule has 1 aromatic heterocycles. The third kappa shape index (κ3) is 2.62. The zero-order valence-electron chi connectivity index (χ0n) is 14.0. The number of hydrogen-bond donors (Lipinski definition) is 0. The Bertz CT molecular complexity index is 810. The van der Waals surface area contributed by atoms with Crippen molar-refractivity contribution in [3.8, 4) is 6.07 Å². The SMILES string of the molecule is N#CC(c1ccccc1)(c1ccccc1)[C@@H]1CC[C@H](n2cncn2)C1. The van der Waals surface area contributed by atoms with Crippen molar-refractivity contribution in [1.29, 1.82) is 5.26 Å². The monoisotopic (exact) mass is 328 g/mol. The normalized spacial score (nSPS) is 20.3. The van der Waals surface area contributed by atoms with E-state index in [-0.39, 0.29) is 5.92 Å². The Morgan fingerprint density at radius 3 is 2.12 bits per heavy atom. The van der Waals surface area contributed by atoms with E-state index in [2.05, 4.69) is 40.4 Å². The summed E-state index contributed by atoms with van der Waals surface area (Å²) in [6.45, 7) is 0. The van der Waals surface area contributed by atoms with E-state index >= 15 is 0 Å². The fraction of sp³-hybridized carbons (Fsp3) is 0.286. The zero-order chi connectivity index (χ0) is 17.1. The fourth-order valence-electron chi connectivity index (χ4n) is 4.26. The molecule has 124 valence electrons. The molecule has 4 heteroatoms. The molecular weight excluding hydrogens is 308 g/mol. The third-order valence-electron chi connectivity index (χ3n) is 5.46. The lowest BCUT2D eigenvalue weighted by Gasteiger charge is -2.34. The lowest BCUT2D eigenvalue weighted by Crippen LogP contribution is -2.34. The summed E-state index contributed by atoms with van der Waals surface area (Å²) in [6, 6.07) is 23.4. The van der Waals surface area contributed by atoms with Crippen LogP contribution in [0.25, 0.3) is 0 Å². The summed E-state index contributed by atoms with van der Waals surface area (Å²) in [4.78, 5) is 4.08. The summed E-state index contributed by atoms with van der Waals surface area (Å²) in [6.07, 6.45) is 6.32. The molecule has 1 aliphatic carbocycles. The first-order chi connectivity index (χ1) is 12.3. The van der Waals surface area contributed by atoms with Crippen molar-refractivity contribution in [3.05, 3.63) is 84.4 Å². The summed E-state index contributed by atoms with van der Waals surface area (Å²) in [5.74, 6) is 0.247. The Labute approximate surface area is 147 Å². The molecule has 2 atom stereocenters. The van der Waals surface area contributed by atoms with Gasteiger partial charge in [0.2, 0.25) is 0 Å². The van der Waals surface area contributed by atoms with Gasteiger partial charge in [0.05, 0.1) is 12.1 Å². The maximum Gasteiger partial charge on any atom is 0.137 e. The summed E-state index contributed by atoms with van der Waals surface area (Å²) < 4.78 is 1.94. The molecule has 0 N–H and O–H groups in total. The molecule has 25 heavy (non-hydrogen) atoms. The van der Waals surface area contributed by atoms with Gasteiger partial charge in [-0.1, -0.05) is 60.7 Å². The molecule has 0 unspecified atom stereocenters. The van der Waals surface area contributed by atoms with Gasteiger partial charge in [-0.3, -0.25) is 0 Å². The standard InChI is InChI=1S/C21H20N4/c22-14-21(17-7-3-1-4-8-17,18-9-5-2-6-10-18)19-11-12-20(13-19)25-16-23-15-24-25/h1-10,15-16,19-20H,11-13H2/t19-,20+/m1/s1. The summed E-state index contributed by atoms with van der Waals surface area (Å²) in [5, 5.41) is 14.7. The molecule has 0 spiro atoms. The van der Waals surface area contributed by atoms with Gasteiger partial charge in [-0.05, 0) is 36.3 Å². The van der Waals surface area contributed by atoms with Crippen LogP contribution in [0.1, 0.15) is 36.4 Å². The summed E-state index contributed by atoms with van der Waals surface area (Å²) >= 11 is 0. The Balaban J connectivity index is 1.78. The maximum atomic E-state index is 10.4. The van der Waals surface area contributed by atoms with E-state index < -0.39 is 5.41 Å². The van der Waals surface area contributed by atoms with Gasteiger partial charge in [-0.25, -0.2) is 9.67 Å². The minimum atomic E-state index is -0.627. The van der Waals surface area contributed by atoms with E-state index in [1.54, 1.807) is 12.7 Å². The molecule has 0 saturated heterocycles. The quantitative estimate of drug-likeness (QED) is 0.723. The average molecular weight is 328 g/mol. The molecule has 1 heterocycles. The molecule has 4 nitrogen and oxygen atoms in total. The largest absolute Gasteiger partial charge is 0.250 e. The first-order valence-corrected chi connectivity index (χ1v) is 8.71. The molecule has 0 amide bonds. The lowest BCUT2D eigenvalue weighted by molar-refractivity contribution is 0.372. The van der Waals surface area contributed by atoms with Gasteiger partial charge < -0.3 is 0 Å². The third-order valence-corrected chi connectivity index (χ3v) is 5.46. The number of aromatic nitrogens is 3. The first-order valence-electron chi connectivity index (χ1n) is 8.71. The van der Waals surface area contributed by atoms with E-state index in [1.165, 1.54) is 0 Å². The smallest absolute Gasteiger partial charge is 0.137 e. The topological polar surface area (TPSA) is 54.5 Å².